The molecule has 0 radical (unpaired) electrons. The quantitative estimate of drug-likeness (QED) is 0.0323. The van der Waals surface area contributed by atoms with Crippen LogP contribution in [0.3, 0.4) is 0 Å². The van der Waals surface area contributed by atoms with E-state index in [4.69, 9.17) is 4.74 Å². The van der Waals surface area contributed by atoms with Crippen molar-refractivity contribution >= 4 is 11.9 Å². The van der Waals surface area contributed by atoms with Gasteiger partial charge in [0.1, 0.15) is 0 Å². The zero-order valence-corrected chi connectivity index (χ0v) is 38.5. The first-order chi connectivity index (χ1) is 28.5. The van der Waals surface area contributed by atoms with Crippen LogP contribution in [0.5, 0.6) is 0 Å². The van der Waals surface area contributed by atoms with Crippen molar-refractivity contribution < 1.29 is 24.5 Å². The van der Waals surface area contributed by atoms with Gasteiger partial charge in [0.2, 0.25) is 5.91 Å². The topological polar surface area (TPSA) is 95.9 Å². The Morgan fingerprint density at radius 3 is 1.36 bits per heavy atom. The first kappa shape index (κ1) is 56.1. The Balaban J connectivity index is 3.53. The fraction of sp³-hybridized carbons (Fsp3) is 0.846. The Morgan fingerprint density at radius 1 is 0.483 bits per heavy atom. The highest BCUT2D eigenvalue weighted by Crippen LogP contribution is 2.15. The molecule has 0 aromatic carbocycles. The first-order valence-electron chi connectivity index (χ1n) is 25.2. The number of carbonyl (C=O) groups is 2. The van der Waals surface area contributed by atoms with Crippen LogP contribution in [0, 0.1) is 0 Å². The molecule has 0 aliphatic heterocycles. The van der Waals surface area contributed by atoms with Crippen molar-refractivity contribution in [2.24, 2.45) is 0 Å². The van der Waals surface area contributed by atoms with Gasteiger partial charge in [0.25, 0.3) is 0 Å². The molecule has 0 bridgehead atoms. The molecule has 0 spiro atoms. The first-order valence-corrected chi connectivity index (χ1v) is 25.2. The number of aliphatic hydroxyl groups excluding tert-OH is 2. The van der Waals surface area contributed by atoms with Gasteiger partial charge in [0.05, 0.1) is 25.4 Å². The number of rotatable bonds is 46. The molecular formula is C52H97NO5. The lowest BCUT2D eigenvalue weighted by molar-refractivity contribution is -0.143. The predicted octanol–water partition coefficient (Wildman–Crippen LogP) is 14.9. The molecule has 0 aliphatic rings. The molecule has 0 saturated carbocycles. The van der Waals surface area contributed by atoms with E-state index in [-0.39, 0.29) is 18.5 Å². The van der Waals surface area contributed by atoms with Crippen molar-refractivity contribution in [2.75, 3.05) is 13.2 Å². The second kappa shape index (κ2) is 47.8. The minimum atomic E-state index is -0.681. The van der Waals surface area contributed by atoms with Gasteiger partial charge in [-0.05, 0) is 89.9 Å². The number of ether oxygens (including phenoxy) is 1. The van der Waals surface area contributed by atoms with Crippen molar-refractivity contribution in [1.82, 2.24) is 5.32 Å². The second-order valence-corrected chi connectivity index (χ2v) is 17.1. The average molecular weight is 816 g/mol. The molecule has 0 aromatic rings. The van der Waals surface area contributed by atoms with E-state index in [1.54, 1.807) is 0 Å². The van der Waals surface area contributed by atoms with E-state index in [1.165, 1.54) is 135 Å². The molecule has 3 N–H and O–H groups in total. The molecule has 2 unspecified atom stereocenters. The van der Waals surface area contributed by atoms with Gasteiger partial charge in [0.15, 0.2) is 0 Å². The minimum Gasteiger partial charge on any atom is -0.466 e. The monoisotopic (exact) mass is 816 g/mol. The number of amides is 1. The van der Waals surface area contributed by atoms with Crippen LogP contribution in [-0.2, 0) is 14.3 Å². The van der Waals surface area contributed by atoms with Crippen LogP contribution in [0.25, 0.3) is 0 Å². The summed E-state index contributed by atoms with van der Waals surface area (Å²) < 4.78 is 5.43. The number of esters is 1. The zero-order valence-electron chi connectivity index (χ0n) is 38.5. The molecular weight excluding hydrogens is 719 g/mol. The van der Waals surface area contributed by atoms with Gasteiger partial charge in [-0.3, -0.25) is 9.59 Å². The molecule has 0 rings (SSSR count). The molecule has 0 fully saturated rings. The van der Waals surface area contributed by atoms with Gasteiger partial charge in [-0.25, -0.2) is 0 Å². The third-order valence-corrected chi connectivity index (χ3v) is 11.4. The molecule has 0 saturated heterocycles. The lowest BCUT2D eigenvalue weighted by atomic mass is 10.0. The highest BCUT2D eigenvalue weighted by molar-refractivity contribution is 5.76. The van der Waals surface area contributed by atoms with Gasteiger partial charge >= 0.3 is 5.97 Å². The smallest absolute Gasteiger partial charge is 0.305 e. The van der Waals surface area contributed by atoms with E-state index in [0.29, 0.717) is 25.9 Å². The number of hydrogen-bond donors (Lipinski definition) is 3. The summed E-state index contributed by atoms with van der Waals surface area (Å²) in [5, 5.41) is 23.2. The third-order valence-electron chi connectivity index (χ3n) is 11.4. The number of allylic oxidation sites excluding steroid dienone is 6. The number of unbranched alkanes of at least 4 members (excludes halogenated alkanes) is 29. The number of nitrogens with one attached hydrogen (secondary N) is 1. The molecule has 6 heteroatoms. The van der Waals surface area contributed by atoms with E-state index in [2.05, 4.69) is 55.6 Å². The predicted molar refractivity (Wildman–Crippen MR) is 250 cm³/mol. The summed E-state index contributed by atoms with van der Waals surface area (Å²) in [5.41, 5.74) is 0. The number of carbonyl (C=O) groups excluding carboxylic acids is 2. The van der Waals surface area contributed by atoms with E-state index >= 15 is 0 Å². The van der Waals surface area contributed by atoms with Gasteiger partial charge in [-0.1, -0.05) is 192 Å². The van der Waals surface area contributed by atoms with Crippen LogP contribution in [0.4, 0.5) is 0 Å². The van der Waals surface area contributed by atoms with Crippen molar-refractivity contribution in [1.29, 1.82) is 0 Å². The summed E-state index contributed by atoms with van der Waals surface area (Å²) in [6, 6.07) is -0.561. The Kier molecular flexibility index (Phi) is 46.2. The van der Waals surface area contributed by atoms with Crippen LogP contribution in [0.1, 0.15) is 258 Å². The van der Waals surface area contributed by atoms with E-state index in [9.17, 15) is 19.8 Å². The van der Waals surface area contributed by atoms with Crippen molar-refractivity contribution in [2.45, 2.75) is 270 Å². The fourth-order valence-electron chi connectivity index (χ4n) is 7.49. The van der Waals surface area contributed by atoms with Gasteiger partial charge in [-0.15, -0.1) is 0 Å². The van der Waals surface area contributed by atoms with Gasteiger partial charge in [-0.2, -0.15) is 0 Å². The molecule has 0 aromatic heterocycles. The van der Waals surface area contributed by atoms with Crippen LogP contribution in [0.2, 0.25) is 0 Å². The maximum absolute atomic E-state index is 12.4. The summed E-state index contributed by atoms with van der Waals surface area (Å²) in [7, 11) is 0. The standard InChI is InChI=1S/C52H97NO5/c1-3-5-7-9-11-13-15-17-19-21-26-30-34-38-42-46-52(57)58-47-43-39-35-31-27-23-22-25-29-33-37-41-45-51(56)53-49(48-54)50(55)44-40-36-32-28-24-20-18-16-14-12-10-8-6-4-2/h11,13,17,19,23,27,49-50,54-55H,3-10,12,14-16,18,20-22,24-26,28-48H2,1-2H3,(H,53,56)/b13-11-,19-17-,27-23-. The van der Waals surface area contributed by atoms with E-state index in [1.807, 2.05) is 0 Å². The van der Waals surface area contributed by atoms with Crippen LogP contribution in [0.15, 0.2) is 36.5 Å². The van der Waals surface area contributed by atoms with Crippen LogP contribution >= 0.6 is 0 Å². The summed E-state index contributed by atoms with van der Waals surface area (Å²) in [6.45, 7) is 4.85. The molecule has 58 heavy (non-hydrogen) atoms. The fourth-order valence-corrected chi connectivity index (χ4v) is 7.49. The minimum absolute atomic E-state index is 0.0373. The van der Waals surface area contributed by atoms with E-state index < -0.39 is 12.1 Å². The lowest BCUT2D eigenvalue weighted by Gasteiger charge is -2.22. The average Bonchev–Trinajstić information content (AvgIpc) is 3.22. The molecule has 2 atom stereocenters. The zero-order chi connectivity index (χ0) is 42.3. The molecule has 0 heterocycles. The molecule has 0 aliphatic carbocycles. The Bertz CT molecular complexity index is 946. The summed E-state index contributed by atoms with van der Waals surface area (Å²) in [6.07, 6.45) is 56.8. The third kappa shape index (κ3) is 43.7. The lowest BCUT2D eigenvalue weighted by Crippen LogP contribution is -2.45. The normalized spacial score (nSPS) is 13.0. The maximum atomic E-state index is 12.4. The van der Waals surface area contributed by atoms with E-state index in [0.717, 1.165) is 89.9 Å². The maximum Gasteiger partial charge on any atom is 0.305 e. The molecule has 340 valence electrons. The number of aliphatic hydroxyl groups is 2. The molecule has 6 nitrogen and oxygen atoms in total. The summed E-state index contributed by atoms with van der Waals surface area (Å²) >= 11 is 0. The Labute approximate surface area is 360 Å². The summed E-state index contributed by atoms with van der Waals surface area (Å²) in [5.74, 6) is -0.0997. The highest BCUT2D eigenvalue weighted by Gasteiger charge is 2.20. The Hall–Kier alpha value is -1.92. The molecule has 1 amide bonds. The number of hydrogen-bond acceptors (Lipinski definition) is 5. The van der Waals surface area contributed by atoms with Crippen molar-refractivity contribution in [3.05, 3.63) is 36.5 Å². The largest absolute Gasteiger partial charge is 0.466 e. The van der Waals surface area contributed by atoms with Crippen LogP contribution in [-0.4, -0.2) is 47.4 Å². The highest BCUT2D eigenvalue weighted by atomic mass is 16.5. The SMILES string of the molecule is CCCCC/C=C\C/C=C\CCCCCCCC(=O)OCCCCC/C=C\CCCCCCCC(=O)NC(CO)C(O)CCCCCCCCCCCCCCCC. The van der Waals surface area contributed by atoms with Crippen molar-refractivity contribution in [3.63, 3.8) is 0 Å². The second-order valence-electron chi connectivity index (χ2n) is 17.1. The van der Waals surface area contributed by atoms with Crippen LogP contribution < -0.4 is 5.32 Å². The Morgan fingerprint density at radius 2 is 0.862 bits per heavy atom. The summed E-state index contributed by atoms with van der Waals surface area (Å²) in [4.78, 5) is 24.4. The van der Waals surface area contributed by atoms with Gasteiger partial charge in [0, 0.05) is 12.8 Å². The van der Waals surface area contributed by atoms with Gasteiger partial charge < -0.3 is 20.3 Å². The van der Waals surface area contributed by atoms with Crippen molar-refractivity contribution in [3.8, 4) is 0 Å².